The van der Waals surface area contributed by atoms with Gasteiger partial charge in [0.2, 0.25) is 0 Å². The van der Waals surface area contributed by atoms with Crippen LogP contribution in [0.5, 0.6) is 0 Å². The number of rotatable bonds is 1. The smallest absolute Gasteiger partial charge is 0.379 e. The van der Waals surface area contributed by atoms with Gasteiger partial charge in [0.05, 0.1) is 0 Å². The van der Waals surface area contributed by atoms with Crippen LogP contribution in [-0.4, -0.2) is 23.9 Å². The van der Waals surface area contributed by atoms with Crippen LogP contribution in [0, 0.1) is 0 Å². The maximum absolute atomic E-state index is 11.2. The molecule has 0 aliphatic carbocycles. The van der Waals surface area contributed by atoms with Crippen molar-refractivity contribution in [3.63, 3.8) is 0 Å². The molecule has 0 aliphatic heterocycles. The molecule has 0 fully saturated rings. The van der Waals surface area contributed by atoms with Gasteiger partial charge in [0.1, 0.15) is 6.54 Å². The van der Waals surface area contributed by atoms with Crippen molar-refractivity contribution in [2.24, 2.45) is 0 Å². The summed E-state index contributed by atoms with van der Waals surface area (Å²) in [5.74, 6) is 0. The highest BCUT2D eigenvalue weighted by atomic mass is 19.4. The average Bonchev–Trinajstić information content (AvgIpc) is 1.62. The van der Waals surface area contributed by atoms with Gasteiger partial charge >= 0.3 is 6.18 Å². The highest BCUT2D eigenvalue weighted by Crippen LogP contribution is 2.18. The molecule has 0 saturated carbocycles. The van der Waals surface area contributed by atoms with Crippen LogP contribution in [0.3, 0.4) is 0 Å². The van der Waals surface area contributed by atoms with Gasteiger partial charge in [0, 0.05) is 0 Å². The van der Waals surface area contributed by atoms with Crippen molar-refractivity contribution in [1.29, 1.82) is 0 Å². The number of hydrogen-bond acceptors (Lipinski definition) is 1. The third-order valence-electron chi connectivity index (χ3n) is 0.651. The molecule has 1 atom stereocenters. The molecule has 0 rings (SSSR count). The van der Waals surface area contributed by atoms with E-state index in [2.05, 4.69) is 5.73 Å². The quantitative estimate of drug-likeness (QED) is 0.477. The van der Waals surface area contributed by atoms with Crippen LogP contribution in [0.4, 0.5) is 13.2 Å². The van der Waals surface area contributed by atoms with Gasteiger partial charge in [-0.1, -0.05) is 0 Å². The van der Waals surface area contributed by atoms with E-state index >= 15 is 0 Å². The largest absolute Gasteiger partial charge is 0.419 e. The lowest BCUT2D eigenvalue weighted by atomic mass is 10.4. The summed E-state index contributed by atoms with van der Waals surface area (Å²) in [6.07, 6.45) is -6.76. The molecule has 4 N–H and O–H groups in total. The second-order valence-corrected chi connectivity index (χ2v) is 1.35. The molecule has 0 bridgehead atoms. The highest BCUT2D eigenvalue weighted by Gasteiger charge is 2.38. The zero-order valence-electron chi connectivity index (χ0n) is 4.07. The van der Waals surface area contributed by atoms with Gasteiger partial charge in [-0.15, -0.1) is 0 Å². The molecule has 0 aromatic rings. The van der Waals surface area contributed by atoms with Crippen molar-refractivity contribution in [3.8, 4) is 0 Å². The number of quaternary nitrogens is 1. The van der Waals surface area contributed by atoms with Gasteiger partial charge < -0.3 is 10.8 Å². The number of hydrogen-bond donors (Lipinski definition) is 2. The third kappa shape index (κ3) is 2.13. The van der Waals surface area contributed by atoms with Crippen LogP contribution in [0.25, 0.3) is 0 Å². The van der Waals surface area contributed by atoms with Crippen LogP contribution in [0.1, 0.15) is 0 Å². The van der Waals surface area contributed by atoms with E-state index in [1.165, 1.54) is 0 Å². The molecule has 0 aliphatic rings. The normalized spacial score (nSPS) is 16.1. The van der Waals surface area contributed by atoms with Crippen molar-refractivity contribution < 1.29 is 24.0 Å². The first-order valence-electron chi connectivity index (χ1n) is 2.02. The Balaban J connectivity index is 3.62. The van der Waals surface area contributed by atoms with Crippen molar-refractivity contribution in [2.75, 3.05) is 6.54 Å². The maximum atomic E-state index is 11.2. The van der Waals surface area contributed by atoms with Gasteiger partial charge in [-0.2, -0.15) is 13.2 Å². The summed E-state index contributed by atoms with van der Waals surface area (Å²) in [4.78, 5) is 0. The molecule has 0 aromatic heterocycles. The van der Waals surface area contributed by atoms with E-state index in [1.807, 2.05) is 0 Å². The monoisotopic (exact) mass is 130 g/mol. The summed E-state index contributed by atoms with van der Waals surface area (Å²) < 4.78 is 33.5. The molecule has 0 radical (unpaired) electrons. The second kappa shape index (κ2) is 2.32. The summed E-state index contributed by atoms with van der Waals surface area (Å²) in [6.45, 7) is -0.524. The Hall–Kier alpha value is -0.290. The van der Waals surface area contributed by atoms with E-state index < -0.39 is 18.8 Å². The molecule has 0 amide bonds. The molecule has 0 unspecified atom stereocenters. The van der Waals surface area contributed by atoms with E-state index in [0.717, 1.165) is 0 Å². The van der Waals surface area contributed by atoms with E-state index in [9.17, 15) is 13.2 Å². The van der Waals surface area contributed by atoms with Crippen molar-refractivity contribution >= 4 is 0 Å². The molecule has 2 nitrogen and oxygen atoms in total. The molecule has 50 valence electrons. The summed E-state index contributed by atoms with van der Waals surface area (Å²) in [5.41, 5.74) is 2.88. The Kier molecular flexibility index (Phi) is 2.24. The van der Waals surface area contributed by atoms with Crippen LogP contribution < -0.4 is 5.73 Å². The molecule has 8 heavy (non-hydrogen) atoms. The van der Waals surface area contributed by atoms with Gasteiger partial charge in [-0.3, -0.25) is 0 Å². The lowest BCUT2D eigenvalue weighted by Gasteiger charge is -2.08. The zero-order chi connectivity index (χ0) is 6.78. The second-order valence-electron chi connectivity index (χ2n) is 1.35. The van der Waals surface area contributed by atoms with E-state index in [0.29, 0.717) is 0 Å². The minimum atomic E-state index is -4.50. The summed E-state index contributed by atoms with van der Waals surface area (Å²) >= 11 is 0. The van der Waals surface area contributed by atoms with Crippen LogP contribution in [0.2, 0.25) is 0 Å². The molecular formula is C3H7F3NO+. The zero-order valence-corrected chi connectivity index (χ0v) is 4.07. The Morgan fingerprint density at radius 3 is 1.88 bits per heavy atom. The molecule has 0 aromatic carbocycles. The predicted octanol–water partition coefficient (Wildman–Crippen LogP) is -0.848. The fourth-order valence-corrected chi connectivity index (χ4v) is 0.164. The minimum Gasteiger partial charge on any atom is -0.379 e. The summed E-state index contributed by atoms with van der Waals surface area (Å²) in [6, 6.07) is 0. The van der Waals surface area contributed by atoms with E-state index in [1.54, 1.807) is 0 Å². The van der Waals surface area contributed by atoms with Crippen molar-refractivity contribution in [2.45, 2.75) is 12.3 Å². The first kappa shape index (κ1) is 7.71. The van der Waals surface area contributed by atoms with Crippen LogP contribution in [0.15, 0.2) is 0 Å². The minimum absolute atomic E-state index is 0.524. The Labute approximate surface area is 44.1 Å². The summed E-state index contributed by atoms with van der Waals surface area (Å²) in [5, 5.41) is 8.01. The maximum Gasteiger partial charge on any atom is 0.419 e. The van der Waals surface area contributed by atoms with E-state index in [-0.39, 0.29) is 0 Å². The number of aliphatic hydroxyl groups excluding tert-OH is 1. The molecular weight excluding hydrogens is 123 g/mol. The molecule has 0 spiro atoms. The Bertz CT molecular complexity index is 71.4. The van der Waals surface area contributed by atoms with Crippen molar-refractivity contribution in [3.05, 3.63) is 0 Å². The molecule has 5 heteroatoms. The average molecular weight is 130 g/mol. The topological polar surface area (TPSA) is 47.9 Å². The molecule has 0 heterocycles. The van der Waals surface area contributed by atoms with Gasteiger partial charge in [-0.05, 0) is 0 Å². The van der Waals surface area contributed by atoms with Gasteiger partial charge in [0.25, 0.3) is 0 Å². The lowest BCUT2D eigenvalue weighted by molar-refractivity contribution is -0.404. The highest BCUT2D eigenvalue weighted by molar-refractivity contribution is 4.60. The SMILES string of the molecule is [NH3+]C[C@@H](O)C(F)(F)F. The third-order valence-corrected chi connectivity index (χ3v) is 0.651. The van der Waals surface area contributed by atoms with Crippen LogP contribution >= 0.6 is 0 Å². The summed E-state index contributed by atoms with van der Waals surface area (Å²) in [7, 11) is 0. The Morgan fingerprint density at radius 1 is 1.50 bits per heavy atom. The Morgan fingerprint density at radius 2 is 1.88 bits per heavy atom. The lowest BCUT2D eigenvalue weighted by Crippen LogP contribution is -2.59. The predicted molar refractivity (Wildman–Crippen MR) is 19.8 cm³/mol. The molecule has 0 saturated heterocycles. The number of halogens is 3. The number of alkyl halides is 3. The van der Waals surface area contributed by atoms with Crippen LogP contribution in [-0.2, 0) is 0 Å². The van der Waals surface area contributed by atoms with Crippen molar-refractivity contribution in [1.82, 2.24) is 0 Å². The van der Waals surface area contributed by atoms with Gasteiger partial charge in [0.15, 0.2) is 6.10 Å². The standard InChI is InChI=1S/C3H6F3NO/c4-3(5,6)2(8)1-7/h2,8H,1,7H2/p+1/t2-/m1/s1. The fraction of sp³-hybridized carbons (Fsp3) is 1.00. The first-order valence-corrected chi connectivity index (χ1v) is 2.02. The number of aliphatic hydroxyl groups is 1. The fourth-order valence-electron chi connectivity index (χ4n) is 0.164. The first-order chi connectivity index (χ1) is 3.48. The van der Waals surface area contributed by atoms with Gasteiger partial charge in [-0.25, -0.2) is 0 Å². The van der Waals surface area contributed by atoms with E-state index in [4.69, 9.17) is 5.11 Å².